The first-order chi connectivity index (χ1) is 7.29. The molecule has 4 nitrogen and oxygen atoms in total. The van der Waals surface area contributed by atoms with E-state index in [1.165, 1.54) is 6.08 Å². The normalized spacial score (nSPS) is 10.2. The SMILES string of the molecule is Cl.O=C(O)/C=C/CCCCCn1ccnc1. The fourth-order valence-corrected chi connectivity index (χ4v) is 1.34. The average molecular weight is 245 g/mol. The number of aliphatic carboxylic acids is 1. The summed E-state index contributed by atoms with van der Waals surface area (Å²) in [6, 6.07) is 0. The Balaban J connectivity index is 0.00000225. The molecule has 16 heavy (non-hydrogen) atoms. The van der Waals surface area contributed by atoms with Gasteiger partial charge in [-0.1, -0.05) is 12.5 Å². The van der Waals surface area contributed by atoms with E-state index in [1.807, 2.05) is 17.1 Å². The Hall–Kier alpha value is -1.29. The summed E-state index contributed by atoms with van der Waals surface area (Å²) in [7, 11) is 0. The molecular formula is C11H17ClN2O2. The Morgan fingerprint density at radius 3 is 2.81 bits per heavy atom. The van der Waals surface area contributed by atoms with Crippen LogP contribution < -0.4 is 0 Å². The van der Waals surface area contributed by atoms with Gasteiger partial charge in [0.25, 0.3) is 0 Å². The highest BCUT2D eigenvalue weighted by Crippen LogP contribution is 2.02. The van der Waals surface area contributed by atoms with Crippen molar-refractivity contribution in [2.75, 3.05) is 0 Å². The highest BCUT2D eigenvalue weighted by Gasteiger charge is 1.91. The molecule has 1 N–H and O–H groups in total. The Morgan fingerprint density at radius 1 is 1.38 bits per heavy atom. The molecule has 0 atom stereocenters. The van der Waals surface area contributed by atoms with Gasteiger partial charge in [-0.15, -0.1) is 12.4 Å². The minimum absolute atomic E-state index is 0. The molecule has 5 heteroatoms. The van der Waals surface area contributed by atoms with Gasteiger partial charge in [-0.05, 0) is 19.3 Å². The summed E-state index contributed by atoms with van der Waals surface area (Å²) in [5.41, 5.74) is 0. The van der Waals surface area contributed by atoms with Crippen molar-refractivity contribution in [2.24, 2.45) is 0 Å². The molecule has 0 spiro atoms. The van der Waals surface area contributed by atoms with Crippen LogP contribution >= 0.6 is 12.4 Å². The summed E-state index contributed by atoms with van der Waals surface area (Å²) in [5.74, 6) is -0.867. The van der Waals surface area contributed by atoms with Crippen molar-refractivity contribution in [3.63, 3.8) is 0 Å². The van der Waals surface area contributed by atoms with Crippen LogP contribution in [0.15, 0.2) is 30.9 Å². The third kappa shape index (κ3) is 7.06. The maximum atomic E-state index is 10.1. The van der Waals surface area contributed by atoms with Crippen LogP contribution in [-0.4, -0.2) is 20.6 Å². The van der Waals surface area contributed by atoms with Crippen LogP contribution in [0.1, 0.15) is 25.7 Å². The number of allylic oxidation sites excluding steroid dienone is 1. The quantitative estimate of drug-likeness (QED) is 0.592. The largest absolute Gasteiger partial charge is 0.478 e. The molecule has 0 amide bonds. The van der Waals surface area contributed by atoms with Crippen molar-refractivity contribution in [3.8, 4) is 0 Å². The van der Waals surface area contributed by atoms with Crippen molar-refractivity contribution < 1.29 is 9.90 Å². The van der Waals surface area contributed by atoms with Gasteiger partial charge >= 0.3 is 5.97 Å². The van der Waals surface area contributed by atoms with Gasteiger partial charge in [0.1, 0.15) is 0 Å². The molecule has 0 radical (unpaired) electrons. The van der Waals surface area contributed by atoms with Gasteiger partial charge < -0.3 is 9.67 Å². The van der Waals surface area contributed by atoms with E-state index in [0.29, 0.717) is 0 Å². The molecule has 90 valence electrons. The van der Waals surface area contributed by atoms with Crippen LogP contribution in [0.5, 0.6) is 0 Å². The summed E-state index contributed by atoms with van der Waals surface area (Å²) in [6.45, 7) is 0.989. The maximum absolute atomic E-state index is 10.1. The number of hydrogen-bond donors (Lipinski definition) is 1. The monoisotopic (exact) mass is 244 g/mol. The van der Waals surface area contributed by atoms with Gasteiger partial charge in [0.05, 0.1) is 6.33 Å². The predicted molar refractivity (Wildman–Crippen MR) is 64.7 cm³/mol. The van der Waals surface area contributed by atoms with E-state index >= 15 is 0 Å². The Kier molecular flexibility index (Phi) is 8.25. The minimum atomic E-state index is -0.867. The third-order valence-electron chi connectivity index (χ3n) is 2.11. The lowest BCUT2D eigenvalue weighted by molar-refractivity contribution is -0.131. The van der Waals surface area contributed by atoms with Crippen LogP contribution in [-0.2, 0) is 11.3 Å². The molecule has 1 heterocycles. The van der Waals surface area contributed by atoms with Crippen LogP contribution in [0.4, 0.5) is 0 Å². The van der Waals surface area contributed by atoms with Crippen molar-refractivity contribution >= 4 is 18.4 Å². The van der Waals surface area contributed by atoms with E-state index < -0.39 is 5.97 Å². The van der Waals surface area contributed by atoms with Gasteiger partial charge in [0.2, 0.25) is 0 Å². The average Bonchev–Trinajstić information content (AvgIpc) is 2.68. The zero-order chi connectivity index (χ0) is 10.9. The topological polar surface area (TPSA) is 55.1 Å². The standard InChI is InChI=1S/C11H16N2O2.ClH/c14-11(15)6-4-2-1-3-5-8-13-9-7-12-10-13;/h4,6-7,9-10H,1-3,5,8H2,(H,14,15);1H/b6-4+;. The molecule has 0 aliphatic rings. The number of imidazole rings is 1. The summed E-state index contributed by atoms with van der Waals surface area (Å²) < 4.78 is 2.05. The fraction of sp³-hybridized carbons (Fsp3) is 0.455. The van der Waals surface area contributed by atoms with Crippen molar-refractivity contribution in [1.29, 1.82) is 0 Å². The number of carboxylic acid groups (broad SMARTS) is 1. The number of unbranched alkanes of at least 4 members (excludes halogenated alkanes) is 3. The van der Waals surface area contributed by atoms with Crippen molar-refractivity contribution in [2.45, 2.75) is 32.2 Å². The highest BCUT2D eigenvalue weighted by molar-refractivity contribution is 5.85. The molecule has 1 rings (SSSR count). The van der Waals surface area contributed by atoms with Gasteiger partial charge in [-0.25, -0.2) is 9.78 Å². The number of aryl methyl sites for hydroxylation is 1. The van der Waals surface area contributed by atoms with Gasteiger partial charge in [-0.2, -0.15) is 0 Å². The first-order valence-corrected chi connectivity index (χ1v) is 5.14. The second-order valence-electron chi connectivity index (χ2n) is 3.39. The molecule has 0 aliphatic carbocycles. The fourth-order valence-electron chi connectivity index (χ4n) is 1.34. The summed E-state index contributed by atoms with van der Waals surface area (Å²) in [5, 5.41) is 8.34. The molecule has 0 saturated carbocycles. The summed E-state index contributed by atoms with van der Waals surface area (Å²) in [4.78, 5) is 14.1. The van der Waals surface area contributed by atoms with E-state index in [-0.39, 0.29) is 12.4 Å². The van der Waals surface area contributed by atoms with E-state index in [1.54, 1.807) is 12.3 Å². The summed E-state index contributed by atoms with van der Waals surface area (Å²) in [6.07, 6.45) is 12.5. The number of rotatable bonds is 7. The lowest BCUT2D eigenvalue weighted by atomic mass is 10.2. The maximum Gasteiger partial charge on any atom is 0.327 e. The first-order valence-electron chi connectivity index (χ1n) is 5.14. The molecule has 0 unspecified atom stereocenters. The Morgan fingerprint density at radius 2 is 2.19 bits per heavy atom. The molecule has 0 saturated heterocycles. The minimum Gasteiger partial charge on any atom is -0.478 e. The van der Waals surface area contributed by atoms with E-state index in [4.69, 9.17) is 5.11 Å². The lowest BCUT2D eigenvalue weighted by Gasteiger charge is -2.00. The lowest BCUT2D eigenvalue weighted by Crippen LogP contribution is -1.93. The molecule has 0 fully saturated rings. The van der Waals surface area contributed by atoms with E-state index in [9.17, 15) is 4.79 Å². The second-order valence-corrected chi connectivity index (χ2v) is 3.39. The molecule has 1 aromatic heterocycles. The molecule has 0 aliphatic heterocycles. The van der Waals surface area contributed by atoms with Gasteiger partial charge in [-0.3, -0.25) is 0 Å². The number of carboxylic acids is 1. The first kappa shape index (κ1) is 14.7. The molecule has 0 aromatic carbocycles. The number of nitrogens with zero attached hydrogens (tertiary/aromatic N) is 2. The molecule has 0 bridgehead atoms. The van der Waals surface area contributed by atoms with Crippen LogP contribution in [0.3, 0.4) is 0 Å². The zero-order valence-electron chi connectivity index (χ0n) is 9.08. The second kappa shape index (κ2) is 8.97. The zero-order valence-corrected chi connectivity index (χ0v) is 9.90. The van der Waals surface area contributed by atoms with Crippen molar-refractivity contribution in [3.05, 3.63) is 30.9 Å². The highest BCUT2D eigenvalue weighted by atomic mass is 35.5. The van der Waals surface area contributed by atoms with Crippen LogP contribution in [0.25, 0.3) is 0 Å². The van der Waals surface area contributed by atoms with Crippen molar-refractivity contribution in [1.82, 2.24) is 9.55 Å². The van der Waals surface area contributed by atoms with Crippen LogP contribution in [0.2, 0.25) is 0 Å². The smallest absolute Gasteiger partial charge is 0.327 e. The molecule has 1 aromatic rings. The number of halogens is 1. The van der Waals surface area contributed by atoms with Gasteiger partial charge in [0, 0.05) is 25.0 Å². The Labute approximate surface area is 101 Å². The van der Waals surface area contributed by atoms with E-state index in [2.05, 4.69) is 4.98 Å². The number of hydrogen-bond acceptors (Lipinski definition) is 2. The predicted octanol–water partition coefficient (Wildman–Crippen LogP) is 2.51. The Bertz CT molecular complexity index is 310. The van der Waals surface area contributed by atoms with Gasteiger partial charge in [0.15, 0.2) is 0 Å². The summed E-state index contributed by atoms with van der Waals surface area (Å²) >= 11 is 0. The number of carbonyl (C=O) groups is 1. The van der Waals surface area contributed by atoms with E-state index in [0.717, 1.165) is 32.2 Å². The number of aromatic nitrogens is 2. The van der Waals surface area contributed by atoms with Crippen LogP contribution in [0, 0.1) is 0 Å². The third-order valence-corrected chi connectivity index (χ3v) is 2.11. The molecular weight excluding hydrogens is 228 g/mol.